The summed E-state index contributed by atoms with van der Waals surface area (Å²) in [6.45, 7) is 0. The highest BCUT2D eigenvalue weighted by atomic mass is 32.2. The number of carbonyl (C=O) groups is 1. The number of benzene rings is 2. The monoisotopic (exact) mass is 295 g/mol. The minimum Gasteiger partial charge on any atom is -0.508 e. The summed E-state index contributed by atoms with van der Waals surface area (Å²) in [6.07, 6.45) is 0. The molecule has 104 valence electrons. The highest BCUT2D eigenvalue weighted by Gasteiger charge is 2.09. The van der Waals surface area contributed by atoms with Crippen molar-refractivity contribution in [2.24, 2.45) is 0 Å². The minimum atomic E-state index is -0.692. The molecule has 0 aliphatic heterocycles. The Hall–Kier alpha value is -2.08. The average molecular weight is 295 g/mol. The van der Waals surface area contributed by atoms with Crippen molar-refractivity contribution in [3.63, 3.8) is 0 Å². The Bertz CT molecular complexity index is 634. The maximum absolute atomic E-state index is 13.3. The molecule has 0 radical (unpaired) electrons. The largest absolute Gasteiger partial charge is 0.508 e. The van der Waals surface area contributed by atoms with Crippen molar-refractivity contribution in [1.82, 2.24) is 0 Å². The van der Waals surface area contributed by atoms with Crippen molar-refractivity contribution in [2.45, 2.75) is 4.90 Å². The zero-order chi connectivity index (χ0) is 14.5. The van der Waals surface area contributed by atoms with Crippen LogP contribution >= 0.6 is 11.8 Å². The Morgan fingerprint density at radius 2 is 2.00 bits per heavy atom. The number of aromatic hydroxyl groups is 1. The van der Waals surface area contributed by atoms with Gasteiger partial charge in [-0.3, -0.25) is 4.79 Å². The Morgan fingerprint density at radius 3 is 2.75 bits per heavy atom. The van der Waals surface area contributed by atoms with Gasteiger partial charge in [-0.1, -0.05) is 6.07 Å². The third-order valence-corrected chi connectivity index (χ3v) is 3.38. The van der Waals surface area contributed by atoms with Crippen molar-refractivity contribution in [1.29, 1.82) is 0 Å². The van der Waals surface area contributed by atoms with E-state index in [1.165, 1.54) is 23.9 Å². The molecule has 0 fully saturated rings. The van der Waals surface area contributed by atoms with Gasteiger partial charge in [0.15, 0.2) is 0 Å². The molecule has 1 amide bonds. The highest BCUT2D eigenvalue weighted by molar-refractivity contribution is 8.00. The Morgan fingerprint density at radius 1 is 1.20 bits per heavy atom. The van der Waals surface area contributed by atoms with Gasteiger partial charge in [-0.25, -0.2) is 8.78 Å². The van der Waals surface area contributed by atoms with Crippen LogP contribution in [0.2, 0.25) is 0 Å². The number of hydrogen-bond acceptors (Lipinski definition) is 3. The normalized spacial score (nSPS) is 10.3. The third-order valence-electron chi connectivity index (χ3n) is 2.39. The van der Waals surface area contributed by atoms with Gasteiger partial charge in [0, 0.05) is 11.0 Å². The van der Waals surface area contributed by atoms with Gasteiger partial charge >= 0.3 is 0 Å². The van der Waals surface area contributed by atoms with Crippen LogP contribution in [0, 0.1) is 11.6 Å². The summed E-state index contributed by atoms with van der Waals surface area (Å²) in [4.78, 5) is 12.4. The maximum atomic E-state index is 13.3. The Balaban J connectivity index is 1.94. The van der Waals surface area contributed by atoms with E-state index in [0.717, 1.165) is 18.2 Å². The Kier molecular flexibility index (Phi) is 4.57. The van der Waals surface area contributed by atoms with Crippen LogP contribution in [0.3, 0.4) is 0 Å². The number of amides is 1. The molecular weight excluding hydrogens is 284 g/mol. The first kappa shape index (κ1) is 14.3. The van der Waals surface area contributed by atoms with E-state index in [0.29, 0.717) is 4.90 Å². The molecule has 0 heterocycles. The van der Waals surface area contributed by atoms with Crippen LogP contribution in [0.5, 0.6) is 5.75 Å². The van der Waals surface area contributed by atoms with Crippen molar-refractivity contribution >= 4 is 23.4 Å². The predicted molar refractivity (Wildman–Crippen MR) is 73.8 cm³/mol. The van der Waals surface area contributed by atoms with Crippen molar-refractivity contribution in [2.75, 3.05) is 11.1 Å². The molecule has 0 aliphatic carbocycles. The molecule has 0 saturated heterocycles. The SMILES string of the molecule is O=C(CSc1cccc(O)c1)Nc1cc(F)ccc1F. The summed E-state index contributed by atoms with van der Waals surface area (Å²) in [6, 6.07) is 9.28. The van der Waals surface area contributed by atoms with Gasteiger partial charge in [-0.05, 0) is 30.3 Å². The quantitative estimate of drug-likeness (QED) is 0.850. The molecule has 0 aromatic heterocycles. The van der Waals surface area contributed by atoms with Gasteiger partial charge in [0.25, 0.3) is 0 Å². The zero-order valence-corrected chi connectivity index (χ0v) is 11.1. The van der Waals surface area contributed by atoms with Crippen LogP contribution in [0.15, 0.2) is 47.4 Å². The van der Waals surface area contributed by atoms with E-state index in [2.05, 4.69) is 5.32 Å². The number of anilines is 1. The molecule has 6 heteroatoms. The molecule has 2 rings (SSSR count). The lowest BCUT2D eigenvalue weighted by Crippen LogP contribution is -2.15. The van der Waals surface area contributed by atoms with Crippen LogP contribution in [0.25, 0.3) is 0 Å². The van der Waals surface area contributed by atoms with E-state index >= 15 is 0 Å². The molecule has 2 aromatic rings. The number of thioether (sulfide) groups is 1. The summed E-state index contributed by atoms with van der Waals surface area (Å²) in [7, 11) is 0. The summed E-state index contributed by atoms with van der Waals surface area (Å²) in [5, 5.41) is 11.6. The molecule has 0 unspecified atom stereocenters. The van der Waals surface area contributed by atoms with E-state index in [-0.39, 0.29) is 17.2 Å². The molecule has 0 spiro atoms. The van der Waals surface area contributed by atoms with Gasteiger partial charge in [0.1, 0.15) is 17.4 Å². The van der Waals surface area contributed by atoms with Crippen LogP contribution in [0.4, 0.5) is 14.5 Å². The number of phenolic OH excluding ortho intramolecular Hbond substituents is 1. The highest BCUT2D eigenvalue weighted by Crippen LogP contribution is 2.22. The van der Waals surface area contributed by atoms with Crippen LogP contribution in [0.1, 0.15) is 0 Å². The van der Waals surface area contributed by atoms with E-state index in [4.69, 9.17) is 0 Å². The van der Waals surface area contributed by atoms with Gasteiger partial charge < -0.3 is 10.4 Å². The first-order valence-corrected chi connectivity index (χ1v) is 6.70. The van der Waals surface area contributed by atoms with Crippen LogP contribution in [-0.2, 0) is 4.79 Å². The minimum absolute atomic E-state index is 0.0272. The fourth-order valence-electron chi connectivity index (χ4n) is 1.50. The lowest BCUT2D eigenvalue weighted by Gasteiger charge is -2.06. The second kappa shape index (κ2) is 6.38. The van der Waals surface area contributed by atoms with E-state index in [1.54, 1.807) is 12.1 Å². The number of carbonyl (C=O) groups excluding carboxylic acids is 1. The zero-order valence-electron chi connectivity index (χ0n) is 10.3. The average Bonchev–Trinajstić information content (AvgIpc) is 2.41. The molecular formula is C14H11F2NO2S. The van der Waals surface area contributed by atoms with E-state index in [1.807, 2.05) is 0 Å². The van der Waals surface area contributed by atoms with Crippen molar-refractivity contribution < 1.29 is 18.7 Å². The molecule has 0 atom stereocenters. The number of hydrogen-bond donors (Lipinski definition) is 2. The van der Waals surface area contributed by atoms with Gasteiger partial charge in [0.2, 0.25) is 5.91 Å². The molecule has 0 aliphatic rings. The van der Waals surface area contributed by atoms with E-state index < -0.39 is 17.5 Å². The fraction of sp³-hybridized carbons (Fsp3) is 0.0714. The van der Waals surface area contributed by atoms with Crippen molar-refractivity contribution in [3.8, 4) is 5.75 Å². The summed E-state index contributed by atoms with van der Waals surface area (Å²) >= 11 is 1.18. The molecule has 2 aromatic carbocycles. The van der Waals surface area contributed by atoms with E-state index in [9.17, 15) is 18.7 Å². The third kappa shape index (κ3) is 3.96. The van der Waals surface area contributed by atoms with Crippen molar-refractivity contribution in [3.05, 3.63) is 54.1 Å². The maximum Gasteiger partial charge on any atom is 0.234 e. The smallest absolute Gasteiger partial charge is 0.234 e. The number of rotatable bonds is 4. The second-order valence-electron chi connectivity index (χ2n) is 3.96. The topological polar surface area (TPSA) is 49.3 Å². The van der Waals surface area contributed by atoms with Gasteiger partial charge in [-0.2, -0.15) is 0 Å². The number of nitrogens with one attached hydrogen (secondary N) is 1. The number of halogens is 2. The standard InChI is InChI=1S/C14H11F2NO2S/c15-9-4-5-12(16)13(6-9)17-14(19)8-20-11-3-1-2-10(18)7-11/h1-7,18H,8H2,(H,17,19). The molecule has 2 N–H and O–H groups in total. The second-order valence-corrected chi connectivity index (χ2v) is 5.01. The van der Waals surface area contributed by atoms with Gasteiger partial charge in [0.05, 0.1) is 11.4 Å². The van der Waals surface area contributed by atoms with Crippen LogP contribution in [-0.4, -0.2) is 16.8 Å². The molecule has 0 saturated carbocycles. The molecule has 0 bridgehead atoms. The molecule has 20 heavy (non-hydrogen) atoms. The Labute approximate surface area is 118 Å². The number of phenols is 1. The predicted octanol–water partition coefficient (Wildman–Crippen LogP) is 3.40. The first-order valence-electron chi connectivity index (χ1n) is 5.71. The van der Waals surface area contributed by atoms with Gasteiger partial charge in [-0.15, -0.1) is 11.8 Å². The lowest BCUT2D eigenvalue weighted by atomic mass is 10.3. The first-order chi connectivity index (χ1) is 9.54. The molecule has 3 nitrogen and oxygen atoms in total. The summed E-state index contributed by atoms with van der Waals surface area (Å²) < 4.78 is 26.3. The van der Waals surface area contributed by atoms with Crippen LogP contribution < -0.4 is 5.32 Å². The fourth-order valence-corrected chi connectivity index (χ4v) is 2.25. The summed E-state index contributed by atoms with van der Waals surface area (Å²) in [5.41, 5.74) is -0.188. The lowest BCUT2D eigenvalue weighted by molar-refractivity contribution is -0.113. The summed E-state index contributed by atoms with van der Waals surface area (Å²) in [5.74, 6) is -1.64.